The lowest BCUT2D eigenvalue weighted by Gasteiger charge is -2.44. The summed E-state index contributed by atoms with van der Waals surface area (Å²) in [7, 11) is 0. The van der Waals surface area contributed by atoms with Crippen LogP contribution in [0.2, 0.25) is 0 Å². The number of benzene rings is 2. The highest BCUT2D eigenvalue weighted by atomic mass is 16.6. The second kappa shape index (κ2) is 9.50. The molecule has 6 rings (SSSR count). The number of carbonyl (C=O) groups is 1. The lowest BCUT2D eigenvalue weighted by molar-refractivity contribution is -0.0348. The van der Waals surface area contributed by atoms with Gasteiger partial charge in [-0.05, 0) is 109 Å². The number of aryl methyl sites for hydroxylation is 2. The predicted molar refractivity (Wildman–Crippen MR) is 140 cm³/mol. The molecule has 4 aliphatic rings. The number of hydrogen-bond acceptors (Lipinski definition) is 4. The van der Waals surface area contributed by atoms with Crippen LogP contribution in [0.5, 0.6) is 5.75 Å². The molecule has 2 aromatic carbocycles. The van der Waals surface area contributed by atoms with Crippen molar-refractivity contribution in [2.75, 3.05) is 26.2 Å². The monoisotopic (exact) mass is 476 g/mol. The number of rotatable bonds is 6. The lowest BCUT2D eigenvalue weighted by atomic mass is 9.85. The van der Waals surface area contributed by atoms with E-state index in [-0.39, 0.29) is 23.7 Å². The van der Waals surface area contributed by atoms with Crippen molar-refractivity contribution < 1.29 is 14.3 Å². The molecule has 2 atom stereocenters. The van der Waals surface area contributed by atoms with Crippen LogP contribution in [0.1, 0.15) is 68.3 Å². The summed E-state index contributed by atoms with van der Waals surface area (Å²) in [5.74, 6) is 1.52. The molecule has 2 bridgehead atoms. The van der Waals surface area contributed by atoms with E-state index in [1.807, 2.05) is 0 Å². The summed E-state index contributed by atoms with van der Waals surface area (Å²) in [6.07, 6.45) is 3.97. The molecule has 0 unspecified atom stereocenters. The van der Waals surface area contributed by atoms with Crippen molar-refractivity contribution in [3.63, 3.8) is 0 Å². The van der Waals surface area contributed by atoms with Crippen LogP contribution in [0.25, 0.3) is 11.1 Å². The zero-order chi connectivity index (χ0) is 24.7. The zero-order valence-electron chi connectivity index (χ0n) is 21.9. The molecular formula is C30H40N2O3. The molecule has 1 N–H and O–H groups in total. The van der Waals surface area contributed by atoms with E-state index >= 15 is 0 Å². The van der Waals surface area contributed by atoms with Gasteiger partial charge >= 0.3 is 6.09 Å². The molecule has 0 radical (unpaired) electrons. The Labute approximate surface area is 210 Å². The van der Waals surface area contributed by atoms with Gasteiger partial charge in [0.15, 0.2) is 0 Å². The topological polar surface area (TPSA) is 50.8 Å². The second-order valence-electron chi connectivity index (χ2n) is 11.5. The normalized spacial score (nSPS) is 26.3. The van der Waals surface area contributed by atoms with Crippen LogP contribution in [-0.4, -0.2) is 43.3 Å². The number of carbonyl (C=O) groups excluding carboxylic acids is 1. The van der Waals surface area contributed by atoms with Gasteiger partial charge in [0.2, 0.25) is 0 Å². The number of nitrogens with zero attached hydrogens (tertiary/aromatic N) is 1. The quantitative estimate of drug-likeness (QED) is 0.539. The van der Waals surface area contributed by atoms with Gasteiger partial charge in [0.05, 0.1) is 12.6 Å². The fraction of sp³-hybridized carbons (Fsp3) is 0.567. The van der Waals surface area contributed by atoms with Crippen molar-refractivity contribution >= 4 is 6.09 Å². The smallest absolute Gasteiger partial charge is 0.407 e. The molecule has 1 amide bonds. The van der Waals surface area contributed by atoms with Crippen molar-refractivity contribution in [3.05, 3.63) is 52.6 Å². The molecule has 0 saturated carbocycles. The Balaban J connectivity index is 1.33. The van der Waals surface area contributed by atoms with E-state index in [0.717, 1.165) is 57.7 Å². The van der Waals surface area contributed by atoms with Crippen LogP contribution in [-0.2, 0) is 11.2 Å². The van der Waals surface area contributed by atoms with Gasteiger partial charge in [0, 0.05) is 6.54 Å². The predicted octanol–water partition coefficient (Wildman–Crippen LogP) is 6.20. The minimum absolute atomic E-state index is 0.0274. The van der Waals surface area contributed by atoms with Crippen LogP contribution in [0.15, 0.2) is 30.3 Å². The fourth-order valence-electron chi connectivity index (χ4n) is 6.39. The summed E-state index contributed by atoms with van der Waals surface area (Å²) in [5, 5.41) is 3.24. The van der Waals surface area contributed by atoms with E-state index in [1.54, 1.807) is 0 Å². The van der Waals surface area contributed by atoms with Gasteiger partial charge in [-0.1, -0.05) is 39.0 Å². The highest BCUT2D eigenvalue weighted by Crippen LogP contribution is 2.46. The summed E-state index contributed by atoms with van der Waals surface area (Å²) in [6.45, 7) is 14.8. The summed E-state index contributed by atoms with van der Waals surface area (Å²) >= 11 is 0. The first-order chi connectivity index (χ1) is 16.7. The summed E-state index contributed by atoms with van der Waals surface area (Å²) in [4.78, 5) is 15.4. The standard InChI is InChI=1S/C30H40N2O3/c1-6-13-34-27-19(2)14-23(15-20(27)3)22-7-8-25-24(16-22)17-30(4,5)28(25)31-29(33)35-26-18-32-11-9-21(26)10-12-32/h7-8,14-16,21,26,28H,6,9-13,17-18H2,1-5H3,(H,31,33)/t26-,28+/m1/s1. The first-order valence-corrected chi connectivity index (χ1v) is 13.3. The Kier molecular flexibility index (Phi) is 6.56. The average Bonchev–Trinajstić information content (AvgIpc) is 3.07. The Morgan fingerprint density at radius 1 is 1.09 bits per heavy atom. The van der Waals surface area contributed by atoms with E-state index in [9.17, 15) is 4.79 Å². The molecule has 1 aliphatic carbocycles. The summed E-state index contributed by atoms with van der Waals surface area (Å²) in [6, 6.07) is 11.1. The Bertz CT molecular complexity index is 1080. The molecule has 5 heteroatoms. The Hall–Kier alpha value is -2.53. The molecular weight excluding hydrogens is 436 g/mol. The number of fused-ring (bicyclic) bond motifs is 4. The highest BCUT2D eigenvalue weighted by Gasteiger charge is 2.42. The largest absolute Gasteiger partial charge is 0.493 e. The Morgan fingerprint density at radius 2 is 1.80 bits per heavy atom. The molecule has 3 fully saturated rings. The number of amides is 1. The summed E-state index contributed by atoms with van der Waals surface area (Å²) in [5.41, 5.74) is 7.21. The molecule has 0 spiro atoms. The maximum Gasteiger partial charge on any atom is 0.407 e. The van der Waals surface area contributed by atoms with Crippen LogP contribution in [0.4, 0.5) is 4.79 Å². The van der Waals surface area contributed by atoms with Gasteiger partial charge in [-0.2, -0.15) is 0 Å². The van der Waals surface area contributed by atoms with Crippen LogP contribution in [0, 0.1) is 25.2 Å². The van der Waals surface area contributed by atoms with E-state index in [2.05, 4.69) is 75.2 Å². The van der Waals surface area contributed by atoms with Crippen LogP contribution in [0.3, 0.4) is 0 Å². The number of ether oxygens (including phenoxy) is 2. The molecule has 3 aliphatic heterocycles. The van der Waals surface area contributed by atoms with E-state index in [4.69, 9.17) is 9.47 Å². The fourth-order valence-corrected chi connectivity index (χ4v) is 6.39. The van der Waals surface area contributed by atoms with E-state index in [1.165, 1.54) is 33.4 Å². The van der Waals surface area contributed by atoms with Gasteiger partial charge in [-0.25, -0.2) is 4.79 Å². The maximum atomic E-state index is 12.9. The molecule has 3 saturated heterocycles. The van der Waals surface area contributed by atoms with Crippen molar-refractivity contribution in [2.45, 2.75) is 72.4 Å². The van der Waals surface area contributed by atoms with Crippen molar-refractivity contribution in [1.29, 1.82) is 0 Å². The molecule has 5 nitrogen and oxygen atoms in total. The number of hydrogen-bond donors (Lipinski definition) is 1. The van der Waals surface area contributed by atoms with Crippen molar-refractivity contribution in [2.24, 2.45) is 11.3 Å². The van der Waals surface area contributed by atoms with Gasteiger partial charge in [-0.15, -0.1) is 0 Å². The lowest BCUT2D eigenvalue weighted by Crippen LogP contribution is -2.53. The van der Waals surface area contributed by atoms with Crippen molar-refractivity contribution in [1.82, 2.24) is 10.2 Å². The molecule has 35 heavy (non-hydrogen) atoms. The third-order valence-corrected chi connectivity index (χ3v) is 8.24. The average molecular weight is 477 g/mol. The Morgan fingerprint density at radius 3 is 2.43 bits per heavy atom. The molecule has 0 aromatic heterocycles. The van der Waals surface area contributed by atoms with Crippen LogP contribution >= 0.6 is 0 Å². The van der Waals surface area contributed by atoms with Gasteiger partial charge < -0.3 is 14.8 Å². The van der Waals surface area contributed by atoms with Gasteiger partial charge in [0.25, 0.3) is 0 Å². The number of nitrogens with one attached hydrogen (secondary N) is 1. The first kappa shape index (κ1) is 24.2. The minimum atomic E-state index is -0.271. The third-order valence-electron chi connectivity index (χ3n) is 8.24. The van der Waals surface area contributed by atoms with Crippen LogP contribution < -0.4 is 10.1 Å². The van der Waals surface area contributed by atoms with E-state index in [0.29, 0.717) is 5.92 Å². The SMILES string of the molecule is CCCOc1c(C)cc(-c2ccc3c(c2)CC(C)(C)[C@H]3NC(=O)O[C@@H]2CN3CCC2CC3)cc1C. The summed E-state index contributed by atoms with van der Waals surface area (Å²) < 4.78 is 11.9. The maximum absolute atomic E-state index is 12.9. The highest BCUT2D eigenvalue weighted by molar-refractivity contribution is 5.71. The van der Waals surface area contributed by atoms with Gasteiger partial charge in [0.1, 0.15) is 11.9 Å². The third kappa shape index (κ3) is 4.80. The van der Waals surface area contributed by atoms with E-state index < -0.39 is 0 Å². The van der Waals surface area contributed by atoms with Gasteiger partial charge in [-0.3, -0.25) is 4.90 Å². The zero-order valence-corrected chi connectivity index (χ0v) is 21.9. The minimum Gasteiger partial charge on any atom is -0.493 e. The second-order valence-corrected chi connectivity index (χ2v) is 11.5. The molecule has 3 heterocycles. The first-order valence-electron chi connectivity index (χ1n) is 13.3. The van der Waals surface area contributed by atoms with Crippen molar-refractivity contribution in [3.8, 4) is 16.9 Å². The molecule has 2 aromatic rings. The number of alkyl carbamates (subject to hydrolysis) is 1. The molecule has 188 valence electrons. The number of piperidine rings is 3.